The molecule has 0 N–H and O–H groups in total. The maximum Gasteiger partial charge on any atom is 0.379 e. The molecule has 0 spiro atoms. The van der Waals surface area contributed by atoms with E-state index in [1.54, 1.807) is 6.92 Å². The van der Waals surface area contributed by atoms with Crippen LogP contribution in [0.1, 0.15) is 43.2 Å². The minimum Gasteiger partial charge on any atom is -0.460 e. The van der Waals surface area contributed by atoms with Gasteiger partial charge in [-0.05, 0) is 37.8 Å². The van der Waals surface area contributed by atoms with Gasteiger partial charge in [0, 0.05) is 13.0 Å². The zero-order valence-electron chi connectivity index (χ0n) is 10.7. The minimum absolute atomic E-state index is 0.00697. The molecule has 0 unspecified atom stereocenters. The van der Waals surface area contributed by atoms with Crippen LogP contribution in [0.15, 0.2) is 4.52 Å². The maximum atomic E-state index is 11.3. The van der Waals surface area contributed by atoms with E-state index in [4.69, 9.17) is 14.0 Å². The Labute approximate surface area is 106 Å². The summed E-state index contributed by atoms with van der Waals surface area (Å²) >= 11 is 0. The van der Waals surface area contributed by atoms with Crippen molar-refractivity contribution in [3.05, 3.63) is 11.7 Å². The van der Waals surface area contributed by atoms with E-state index in [0.717, 1.165) is 19.4 Å². The van der Waals surface area contributed by atoms with Crippen LogP contribution in [0, 0.1) is 5.92 Å². The zero-order valence-corrected chi connectivity index (χ0v) is 10.7. The van der Waals surface area contributed by atoms with Crippen molar-refractivity contribution in [3.63, 3.8) is 0 Å². The maximum absolute atomic E-state index is 11.3. The molecule has 1 aliphatic carbocycles. The van der Waals surface area contributed by atoms with Crippen LogP contribution in [-0.2, 0) is 15.9 Å². The van der Waals surface area contributed by atoms with E-state index in [0.29, 0.717) is 30.9 Å². The summed E-state index contributed by atoms with van der Waals surface area (Å²) in [6, 6.07) is 0. The number of nitrogens with zero attached hydrogens (tertiary/aromatic N) is 2. The van der Waals surface area contributed by atoms with E-state index in [1.807, 2.05) is 6.92 Å². The van der Waals surface area contributed by atoms with Crippen LogP contribution in [0.2, 0.25) is 0 Å². The molecule has 6 nitrogen and oxygen atoms in total. The molecule has 2 rings (SSSR count). The molecule has 0 aliphatic heterocycles. The average molecular weight is 254 g/mol. The summed E-state index contributed by atoms with van der Waals surface area (Å²) in [6.07, 6.45) is 3.11. The Kier molecular flexibility index (Phi) is 4.30. The predicted molar refractivity (Wildman–Crippen MR) is 62.1 cm³/mol. The number of ether oxygens (including phenoxy) is 2. The van der Waals surface area contributed by atoms with Crippen molar-refractivity contribution in [2.45, 2.75) is 39.2 Å². The first-order valence-electron chi connectivity index (χ1n) is 6.34. The molecule has 0 atom stereocenters. The van der Waals surface area contributed by atoms with Crippen molar-refractivity contribution in [2.75, 3.05) is 13.2 Å². The highest BCUT2D eigenvalue weighted by Crippen LogP contribution is 2.32. The van der Waals surface area contributed by atoms with Crippen molar-refractivity contribution in [1.29, 1.82) is 0 Å². The third-order valence-electron chi connectivity index (χ3n) is 2.98. The molecule has 1 heterocycles. The molecule has 1 saturated carbocycles. The van der Waals surface area contributed by atoms with E-state index < -0.39 is 5.97 Å². The number of aromatic nitrogens is 2. The Morgan fingerprint density at radius 2 is 2.17 bits per heavy atom. The molecule has 0 amide bonds. The number of hydrogen-bond acceptors (Lipinski definition) is 6. The van der Waals surface area contributed by atoms with Gasteiger partial charge in [0.2, 0.25) is 5.89 Å². The van der Waals surface area contributed by atoms with Crippen molar-refractivity contribution in [2.24, 2.45) is 5.92 Å². The topological polar surface area (TPSA) is 74.5 Å². The summed E-state index contributed by atoms with van der Waals surface area (Å²) < 4.78 is 15.3. The number of carbonyl (C=O) groups is 1. The van der Waals surface area contributed by atoms with Gasteiger partial charge in [-0.2, -0.15) is 4.98 Å². The lowest BCUT2D eigenvalue weighted by molar-refractivity contribution is -0.0258. The number of hydrogen-bond donors (Lipinski definition) is 0. The smallest absolute Gasteiger partial charge is 0.379 e. The van der Waals surface area contributed by atoms with Gasteiger partial charge >= 0.3 is 5.97 Å². The van der Waals surface area contributed by atoms with E-state index in [1.165, 1.54) is 0 Å². The van der Waals surface area contributed by atoms with Crippen LogP contribution < -0.4 is 0 Å². The normalized spacial score (nSPS) is 22.6. The van der Waals surface area contributed by atoms with E-state index in [9.17, 15) is 4.79 Å². The Bertz CT molecular complexity index is 399. The Morgan fingerprint density at radius 1 is 1.39 bits per heavy atom. The van der Waals surface area contributed by atoms with Crippen LogP contribution in [-0.4, -0.2) is 35.4 Å². The van der Waals surface area contributed by atoms with Gasteiger partial charge in [0.15, 0.2) is 0 Å². The summed E-state index contributed by atoms with van der Waals surface area (Å²) in [5.74, 6) is 0.482. The average Bonchev–Trinajstić information content (AvgIpc) is 2.75. The van der Waals surface area contributed by atoms with Gasteiger partial charge in [0.1, 0.15) is 0 Å². The lowest BCUT2D eigenvalue weighted by Gasteiger charge is -2.33. The molecular weight excluding hydrogens is 236 g/mol. The molecule has 0 saturated heterocycles. The molecule has 18 heavy (non-hydrogen) atoms. The Morgan fingerprint density at radius 3 is 2.83 bits per heavy atom. The summed E-state index contributed by atoms with van der Waals surface area (Å²) in [5, 5.41) is 3.61. The first-order chi connectivity index (χ1) is 8.72. The van der Waals surface area contributed by atoms with Gasteiger partial charge in [0.05, 0.1) is 12.7 Å². The minimum atomic E-state index is -0.534. The van der Waals surface area contributed by atoms with Gasteiger partial charge in [0.25, 0.3) is 5.82 Å². The summed E-state index contributed by atoms with van der Waals surface area (Å²) in [5.41, 5.74) is 0. The summed E-state index contributed by atoms with van der Waals surface area (Å²) in [6.45, 7) is 4.80. The molecule has 0 radical (unpaired) electrons. The molecule has 6 heteroatoms. The SMILES string of the molecule is CCOC(=O)c1noc(CC2CC(OCC)C2)n1. The lowest BCUT2D eigenvalue weighted by Crippen LogP contribution is -2.32. The second kappa shape index (κ2) is 5.95. The first-order valence-corrected chi connectivity index (χ1v) is 6.34. The van der Waals surface area contributed by atoms with Crippen molar-refractivity contribution >= 4 is 5.97 Å². The second-order valence-corrected chi connectivity index (χ2v) is 4.35. The fraction of sp³-hybridized carbons (Fsp3) is 0.750. The molecule has 1 aromatic rings. The quantitative estimate of drug-likeness (QED) is 0.718. The fourth-order valence-corrected chi connectivity index (χ4v) is 2.08. The molecule has 0 aromatic carbocycles. The monoisotopic (exact) mass is 254 g/mol. The molecular formula is C12H18N2O4. The molecule has 1 aliphatic rings. The van der Waals surface area contributed by atoms with Gasteiger partial charge in [-0.3, -0.25) is 0 Å². The number of rotatable bonds is 6. The Hall–Kier alpha value is -1.43. The second-order valence-electron chi connectivity index (χ2n) is 4.35. The molecule has 1 fully saturated rings. The summed E-state index contributed by atoms with van der Waals surface area (Å²) in [4.78, 5) is 15.4. The Balaban J connectivity index is 1.79. The fourth-order valence-electron chi connectivity index (χ4n) is 2.08. The highest BCUT2D eigenvalue weighted by Gasteiger charge is 2.31. The van der Waals surface area contributed by atoms with Crippen LogP contribution >= 0.6 is 0 Å². The van der Waals surface area contributed by atoms with Crippen molar-refractivity contribution in [1.82, 2.24) is 10.1 Å². The largest absolute Gasteiger partial charge is 0.460 e. The van der Waals surface area contributed by atoms with Crippen LogP contribution in [0.5, 0.6) is 0 Å². The van der Waals surface area contributed by atoms with Gasteiger partial charge in [-0.15, -0.1) is 0 Å². The zero-order chi connectivity index (χ0) is 13.0. The van der Waals surface area contributed by atoms with Gasteiger partial charge in [-0.1, -0.05) is 0 Å². The van der Waals surface area contributed by atoms with Crippen LogP contribution in [0.4, 0.5) is 0 Å². The predicted octanol–water partition coefficient (Wildman–Crippen LogP) is 1.60. The van der Waals surface area contributed by atoms with E-state index in [2.05, 4.69) is 10.1 Å². The molecule has 100 valence electrons. The van der Waals surface area contributed by atoms with Crippen LogP contribution in [0.25, 0.3) is 0 Å². The van der Waals surface area contributed by atoms with Crippen molar-refractivity contribution < 1.29 is 18.8 Å². The van der Waals surface area contributed by atoms with E-state index >= 15 is 0 Å². The van der Waals surface area contributed by atoms with E-state index in [-0.39, 0.29) is 5.82 Å². The third kappa shape index (κ3) is 3.07. The highest BCUT2D eigenvalue weighted by molar-refractivity contribution is 5.84. The molecule has 1 aromatic heterocycles. The number of carbonyl (C=O) groups excluding carboxylic acids is 1. The number of esters is 1. The first kappa shape index (κ1) is 13.0. The lowest BCUT2D eigenvalue weighted by atomic mass is 9.80. The standard InChI is InChI=1S/C12H18N2O4/c1-3-16-9-5-8(6-9)7-10-13-11(14-18-10)12(15)17-4-2/h8-9H,3-7H2,1-2H3. The van der Waals surface area contributed by atoms with Crippen LogP contribution in [0.3, 0.4) is 0 Å². The third-order valence-corrected chi connectivity index (χ3v) is 2.98. The van der Waals surface area contributed by atoms with Crippen molar-refractivity contribution in [3.8, 4) is 0 Å². The van der Waals surface area contributed by atoms with Gasteiger partial charge in [-0.25, -0.2) is 4.79 Å². The van der Waals surface area contributed by atoms with Gasteiger partial charge < -0.3 is 14.0 Å². The summed E-state index contributed by atoms with van der Waals surface area (Å²) in [7, 11) is 0. The molecule has 0 bridgehead atoms. The highest BCUT2D eigenvalue weighted by atomic mass is 16.5.